The average molecular weight is 228 g/mol. The van der Waals surface area contributed by atoms with Crippen molar-refractivity contribution in [2.24, 2.45) is 0 Å². The molecule has 0 aromatic heterocycles. The van der Waals surface area contributed by atoms with E-state index in [1.807, 2.05) is 26.8 Å². The third-order valence-corrected chi connectivity index (χ3v) is 3.36. The van der Waals surface area contributed by atoms with Crippen LogP contribution in [-0.4, -0.2) is 30.0 Å². The first-order chi connectivity index (χ1) is 7.70. The summed E-state index contributed by atoms with van der Waals surface area (Å²) in [6.07, 6.45) is 4.96. The van der Waals surface area contributed by atoms with E-state index in [-0.39, 0.29) is 0 Å². The molecule has 3 heteroatoms. The van der Waals surface area contributed by atoms with Crippen LogP contribution in [0, 0.1) is 0 Å². The summed E-state index contributed by atoms with van der Waals surface area (Å²) < 4.78 is 11.3. The molecule has 0 spiro atoms. The van der Waals surface area contributed by atoms with Crippen LogP contribution in [0.3, 0.4) is 0 Å². The quantitative estimate of drug-likeness (QED) is 0.759. The number of aliphatic hydroxyl groups is 1. The maximum absolute atomic E-state index is 10.4. The van der Waals surface area contributed by atoms with Gasteiger partial charge in [-0.3, -0.25) is 0 Å². The van der Waals surface area contributed by atoms with Gasteiger partial charge >= 0.3 is 0 Å². The van der Waals surface area contributed by atoms with Gasteiger partial charge in [0.25, 0.3) is 0 Å². The minimum atomic E-state index is -0.636. The molecule has 0 aromatic rings. The van der Waals surface area contributed by atoms with Gasteiger partial charge in [-0.05, 0) is 38.7 Å². The van der Waals surface area contributed by atoms with Gasteiger partial charge in [0.05, 0.1) is 6.61 Å². The Labute approximate surface area is 98.4 Å². The Morgan fingerprint density at radius 1 is 1.44 bits per heavy atom. The number of aliphatic hydroxyl groups excluding tert-OH is 1. The summed E-state index contributed by atoms with van der Waals surface area (Å²) >= 11 is 0. The molecule has 1 N–H and O–H groups in total. The minimum absolute atomic E-state index is 0.488. The molecule has 0 fully saturated rings. The highest BCUT2D eigenvalue weighted by Gasteiger charge is 2.38. The van der Waals surface area contributed by atoms with Gasteiger partial charge in [0.15, 0.2) is 0 Å². The molecular formula is C13H24O3. The van der Waals surface area contributed by atoms with Gasteiger partial charge in [-0.15, -0.1) is 0 Å². The van der Waals surface area contributed by atoms with Gasteiger partial charge in [-0.2, -0.15) is 0 Å². The Morgan fingerprint density at radius 3 is 2.56 bits per heavy atom. The third kappa shape index (κ3) is 2.77. The van der Waals surface area contributed by atoms with E-state index in [0.717, 1.165) is 25.7 Å². The Kier molecular flexibility index (Phi) is 5.29. The highest BCUT2D eigenvalue weighted by molar-refractivity contribution is 5.09. The molecule has 0 amide bonds. The lowest BCUT2D eigenvalue weighted by atomic mass is 9.88. The average Bonchev–Trinajstić information content (AvgIpc) is 2.36. The number of ether oxygens (including phenoxy) is 2. The second-order valence-electron chi connectivity index (χ2n) is 4.20. The molecule has 1 atom stereocenters. The summed E-state index contributed by atoms with van der Waals surface area (Å²) in [6, 6.07) is 0. The second-order valence-corrected chi connectivity index (χ2v) is 4.20. The molecule has 94 valence electrons. The molecular weight excluding hydrogens is 204 g/mol. The minimum Gasteiger partial charge on any atom is -0.495 e. The van der Waals surface area contributed by atoms with Crippen LogP contribution in [0.4, 0.5) is 0 Å². The van der Waals surface area contributed by atoms with E-state index in [4.69, 9.17) is 9.47 Å². The number of rotatable bonds is 6. The molecule has 3 nitrogen and oxygen atoms in total. The van der Waals surface area contributed by atoms with E-state index in [1.165, 1.54) is 0 Å². The molecule has 0 saturated carbocycles. The smallest absolute Gasteiger partial charge is 0.139 e. The van der Waals surface area contributed by atoms with Crippen molar-refractivity contribution in [1.82, 2.24) is 0 Å². The summed E-state index contributed by atoms with van der Waals surface area (Å²) in [7, 11) is 0. The van der Waals surface area contributed by atoms with Crippen LogP contribution in [0.5, 0.6) is 0 Å². The molecule has 0 bridgehead atoms. The van der Waals surface area contributed by atoms with Crippen LogP contribution in [0.2, 0.25) is 0 Å². The molecule has 1 aliphatic rings. The molecule has 1 rings (SSSR count). The van der Waals surface area contributed by atoms with Gasteiger partial charge < -0.3 is 14.6 Å². The summed E-state index contributed by atoms with van der Waals surface area (Å²) in [6.45, 7) is 7.38. The monoisotopic (exact) mass is 228 g/mol. The van der Waals surface area contributed by atoms with Crippen molar-refractivity contribution in [3.63, 3.8) is 0 Å². The Balaban J connectivity index is 2.80. The summed E-state index contributed by atoms with van der Waals surface area (Å²) in [5.41, 5.74) is -0.488. The van der Waals surface area contributed by atoms with Crippen molar-refractivity contribution in [2.45, 2.75) is 58.2 Å². The second kappa shape index (κ2) is 6.26. The molecule has 1 aliphatic heterocycles. The fraction of sp³-hybridized carbons (Fsp3) is 0.846. The number of hydrogen-bond acceptors (Lipinski definition) is 3. The van der Waals surface area contributed by atoms with Crippen LogP contribution < -0.4 is 0 Å². The van der Waals surface area contributed by atoms with Crippen LogP contribution in [0.25, 0.3) is 0 Å². The summed E-state index contributed by atoms with van der Waals surface area (Å²) in [5, 5.41) is 10.4. The third-order valence-electron chi connectivity index (χ3n) is 3.36. The Bertz CT molecular complexity index is 231. The number of allylic oxidation sites excluding steroid dienone is 1. The van der Waals surface area contributed by atoms with Crippen LogP contribution in [-0.2, 0) is 9.47 Å². The largest absolute Gasteiger partial charge is 0.495 e. The molecule has 0 aromatic carbocycles. The topological polar surface area (TPSA) is 38.7 Å². The van der Waals surface area contributed by atoms with Gasteiger partial charge in [-0.25, -0.2) is 0 Å². The maximum atomic E-state index is 10.4. The lowest BCUT2D eigenvalue weighted by Crippen LogP contribution is -2.46. The van der Waals surface area contributed by atoms with Crippen molar-refractivity contribution in [3.8, 4) is 0 Å². The summed E-state index contributed by atoms with van der Waals surface area (Å²) in [4.78, 5) is 0. The SMILES string of the molecule is CCOC(CC)(CC)C(O)C1=CCCCO1. The standard InChI is InChI=1S/C13H24O3/c1-4-13(5-2,16-6-3)12(14)11-9-7-8-10-15-11/h9,12,14H,4-8,10H2,1-3H3. The summed E-state index contributed by atoms with van der Waals surface area (Å²) in [5.74, 6) is 0.698. The van der Waals surface area contributed by atoms with Gasteiger partial charge in [-0.1, -0.05) is 13.8 Å². The van der Waals surface area contributed by atoms with Crippen molar-refractivity contribution in [1.29, 1.82) is 0 Å². The molecule has 0 saturated heterocycles. The van der Waals surface area contributed by atoms with E-state index in [1.54, 1.807) is 0 Å². The van der Waals surface area contributed by atoms with Crippen LogP contribution in [0.1, 0.15) is 46.5 Å². The zero-order valence-corrected chi connectivity index (χ0v) is 10.7. The van der Waals surface area contributed by atoms with E-state index >= 15 is 0 Å². The van der Waals surface area contributed by atoms with Gasteiger partial charge in [0.1, 0.15) is 17.5 Å². The van der Waals surface area contributed by atoms with E-state index in [2.05, 4.69) is 0 Å². The van der Waals surface area contributed by atoms with Gasteiger partial charge in [0, 0.05) is 6.61 Å². The highest BCUT2D eigenvalue weighted by Crippen LogP contribution is 2.31. The normalized spacial score (nSPS) is 18.9. The predicted octanol–water partition coefficient (Wildman–Crippen LogP) is 2.64. The highest BCUT2D eigenvalue weighted by atomic mass is 16.5. The van der Waals surface area contributed by atoms with Gasteiger partial charge in [0.2, 0.25) is 0 Å². The van der Waals surface area contributed by atoms with Crippen molar-refractivity contribution < 1.29 is 14.6 Å². The zero-order chi connectivity index (χ0) is 12.0. The molecule has 1 unspecified atom stereocenters. The van der Waals surface area contributed by atoms with Crippen molar-refractivity contribution in [3.05, 3.63) is 11.8 Å². The van der Waals surface area contributed by atoms with E-state index in [0.29, 0.717) is 19.0 Å². The lowest BCUT2D eigenvalue weighted by Gasteiger charge is -2.37. The zero-order valence-electron chi connectivity index (χ0n) is 10.7. The number of hydrogen-bond donors (Lipinski definition) is 1. The van der Waals surface area contributed by atoms with E-state index in [9.17, 15) is 5.11 Å². The fourth-order valence-electron chi connectivity index (χ4n) is 2.23. The van der Waals surface area contributed by atoms with Crippen LogP contribution >= 0.6 is 0 Å². The van der Waals surface area contributed by atoms with E-state index < -0.39 is 11.7 Å². The fourth-order valence-corrected chi connectivity index (χ4v) is 2.23. The van der Waals surface area contributed by atoms with Crippen molar-refractivity contribution >= 4 is 0 Å². The molecule has 0 aliphatic carbocycles. The first-order valence-electron chi connectivity index (χ1n) is 6.35. The van der Waals surface area contributed by atoms with Crippen LogP contribution in [0.15, 0.2) is 11.8 Å². The molecule has 16 heavy (non-hydrogen) atoms. The Morgan fingerprint density at radius 2 is 2.12 bits per heavy atom. The first kappa shape index (κ1) is 13.5. The predicted molar refractivity (Wildman–Crippen MR) is 64.2 cm³/mol. The lowest BCUT2D eigenvalue weighted by molar-refractivity contribution is -0.127. The van der Waals surface area contributed by atoms with Crippen molar-refractivity contribution in [2.75, 3.05) is 13.2 Å². The Hall–Kier alpha value is -0.540. The molecule has 0 radical (unpaired) electrons. The maximum Gasteiger partial charge on any atom is 0.139 e. The first-order valence-corrected chi connectivity index (χ1v) is 6.35. The molecule has 1 heterocycles.